The van der Waals surface area contributed by atoms with E-state index in [9.17, 15) is 9.18 Å². The first-order valence-electron chi connectivity index (χ1n) is 10.1. The number of carbonyl (C=O) groups excluding carboxylic acids is 1. The van der Waals surface area contributed by atoms with Gasteiger partial charge in [0.15, 0.2) is 0 Å². The van der Waals surface area contributed by atoms with Crippen molar-refractivity contribution < 1.29 is 13.9 Å². The zero-order valence-electron chi connectivity index (χ0n) is 17.7. The van der Waals surface area contributed by atoms with Crippen LogP contribution in [-0.4, -0.2) is 15.9 Å². The molecule has 0 saturated carbocycles. The molecule has 0 radical (unpaired) electrons. The van der Waals surface area contributed by atoms with Gasteiger partial charge in [-0.1, -0.05) is 17.7 Å². The van der Waals surface area contributed by atoms with Gasteiger partial charge in [-0.2, -0.15) is 0 Å². The van der Waals surface area contributed by atoms with Gasteiger partial charge in [0.05, 0.1) is 12.2 Å². The molecular weight excluding hydrogens is 417 g/mol. The normalized spacial score (nSPS) is 15.2. The Bertz CT molecular complexity index is 1150. The van der Waals surface area contributed by atoms with Gasteiger partial charge in [-0.15, -0.1) is 0 Å². The molecule has 31 heavy (non-hydrogen) atoms. The largest absolute Gasteiger partial charge is 0.484 e. The molecule has 0 N–H and O–H groups in total. The molecule has 3 aromatic rings. The SMILES string of the molecule is CC(=O)N(Cc1cnc(Cl)cc1C)c1cc2c(cc1C)CCC(c1ncccc1F)O2. The number of hydrogen-bond donors (Lipinski definition) is 0. The number of benzene rings is 1. The van der Waals surface area contributed by atoms with E-state index in [-0.39, 0.29) is 11.7 Å². The minimum atomic E-state index is -0.460. The van der Waals surface area contributed by atoms with Crippen LogP contribution in [0.25, 0.3) is 0 Å². The van der Waals surface area contributed by atoms with Gasteiger partial charge >= 0.3 is 0 Å². The van der Waals surface area contributed by atoms with Gasteiger partial charge in [-0.05, 0) is 67.1 Å². The highest BCUT2D eigenvalue weighted by Gasteiger charge is 2.27. The molecule has 2 aromatic heterocycles. The number of amides is 1. The number of halogens is 2. The van der Waals surface area contributed by atoms with Crippen molar-refractivity contribution in [3.63, 3.8) is 0 Å². The summed E-state index contributed by atoms with van der Waals surface area (Å²) >= 11 is 5.97. The number of aryl methyl sites for hydroxylation is 3. The Morgan fingerprint density at radius 3 is 2.77 bits per heavy atom. The number of carbonyl (C=O) groups is 1. The Morgan fingerprint density at radius 1 is 1.26 bits per heavy atom. The average molecular weight is 440 g/mol. The van der Waals surface area contributed by atoms with Crippen LogP contribution in [0.5, 0.6) is 5.75 Å². The topological polar surface area (TPSA) is 55.3 Å². The van der Waals surface area contributed by atoms with Gasteiger partial charge in [0.2, 0.25) is 5.91 Å². The van der Waals surface area contributed by atoms with Crippen LogP contribution in [0.15, 0.2) is 42.7 Å². The van der Waals surface area contributed by atoms with Crippen molar-refractivity contribution in [1.82, 2.24) is 9.97 Å². The van der Waals surface area contributed by atoms with E-state index in [1.807, 2.05) is 26.0 Å². The first-order valence-corrected chi connectivity index (χ1v) is 10.5. The summed E-state index contributed by atoms with van der Waals surface area (Å²) in [7, 11) is 0. The second-order valence-electron chi connectivity index (χ2n) is 7.80. The number of anilines is 1. The smallest absolute Gasteiger partial charge is 0.224 e. The monoisotopic (exact) mass is 439 g/mol. The summed E-state index contributed by atoms with van der Waals surface area (Å²) in [4.78, 5) is 22.6. The maximum atomic E-state index is 14.2. The molecule has 1 aromatic carbocycles. The molecule has 1 unspecified atom stereocenters. The van der Waals surface area contributed by atoms with Crippen LogP contribution in [0.3, 0.4) is 0 Å². The van der Waals surface area contributed by atoms with Crippen molar-refractivity contribution in [3.8, 4) is 5.75 Å². The highest BCUT2D eigenvalue weighted by Crippen LogP contribution is 2.39. The second kappa shape index (κ2) is 8.63. The van der Waals surface area contributed by atoms with Crippen LogP contribution >= 0.6 is 11.6 Å². The van der Waals surface area contributed by atoms with Crippen molar-refractivity contribution in [1.29, 1.82) is 0 Å². The zero-order chi connectivity index (χ0) is 22.1. The number of ether oxygens (including phenoxy) is 1. The quantitative estimate of drug-likeness (QED) is 0.503. The standard InChI is InChI=1S/C24H23ClFN3O2/c1-14-10-23(25)28-12-18(14)13-29(16(3)30)20-11-22-17(9-15(20)2)6-7-21(31-22)24-19(26)5-4-8-27-24/h4-5,8-12,21H,6-7,13H2,1-3H3. The number of fused-ring (bicyclic) bond motifs is 1. The highest BCUT2D eigenvalue weighted by molar-refractivity contribution is 6.29. The van der Waals surface area contributed by atoms with E-state index < -0.39 is 6.10 Å². The molecule has 4 rings (SSSR count). The van der Waals surface area contributed by atoms with Gasteiger partial charge in [0.25, 0.3) is 0 Å². The fraction of sp³-hybridized carbons (Fsp3) is 0.292. The Morgan fingerprint density at radius 2 is 2.06 bits per heavy atom. The molecule has 1 aliphatic heterocycles. The summed E-state index contributed by atoms with van der Waals surface area (Å²) in [5, 5.41) is 0.418. The molecule has 1 amide bonds. The van der Waals surface area contributed by atoms with Crippen LogP contribution in [0.4, 0.5) is 10.1 Å². The van der Waals surface area contributed by atoms with E-state index in [0.717, 1.165) is 34.4 Å². The summed E-state index contributed by atoms with van der Waals surface area (Å²) < 4.78 is 20.4. The summed E-state index contributed by atoms with van der Waals surface area (Å²) in [5.74, 6) is 0.180. The molecule has 0 fully saturated rings. The third kappa shape index (κ3) is 4.39. The minimum absolute atomic E-state index is 0.0967. The fourth-order valence-corrected chi connectivity index (χ4v) is 4.12. The van der Waals surface area contributed by atoms with Crippen LogP contribution in [0, 0.1) is 19.7 Å². The lowest BCUT2D eigenvalue weighted by atomic mass is 9.97. The molecule has 0 spiro atoms. The minimum Gasteiger partial charge on any atom is -0.484 e. The van der Waals surface area contributed by atoms with Gasteiger partial charge in [0.1, 0.15) is 28.5 Å². The van der Waals surface area contributed by atoms with Crippen molar-refractivity contribution in [3.05, 3.63) is 81.6 Å². The Kier molecular flexibility index (Phi) is 5.92. The molecular formula is C24H23ClFN3O2. The number of pyridine rings is 2. The fourth-order valence-electron chi connectivity index (χ4n) is 3.91. The van der Waals surface area contributed by atoms with E-state index in [1.54, 1.807) is 29.4 Å². The molecule has 160 valence electrons. The van der Waals surface area contributed by atoms with E-state index in [1.165, 1.54) is 13.0 Å². The summed E-state index contributed by atoms with van der Waals surface area (Å²) in [6.07, 6.45) is 4.19. The lowest BCUT2D eigenvalue weighted by Gasteiger charge is -2.30. The second-order valence-corrected chi connectivity index (χ2v) is 8.19. The van der Waals surface area contributed by atoms with Crippen LogP contribution in [-0.2, 0) is 17.8 Å². The maximum absolute atomic E-state index is 14.2. The first kappa shape index (κ1) is 21.2. The summed E-state index contributed by atoms with van der Waals surface area (Å²) in [5.41, 5.74) is 4.94. The Balaban J connectivity index is 1.67. The maximum Gasteiger partial charge on any atom is 0.224 e. The van der Waals surface area contributed by atoms with Crippen molar-refractivity contribution in [2.45, 2.75) is 46.3 Å². The van der Waals surface area contributed by atoms with Crippen molar-refractivity contribution in [2.24, 2.45) is 0 Å². The van der Waals surface area contributed by atoms with E-state index in [2.05, 4.69) is 9.97 Å². The lowest BCUT2D eigenvalue weighted by molar-refractivity contribution is -0.116. The van der Waals surface area contributed by atoms with Gasteiger partial charge in [-0.3, -0.25) is 9.78 Å². The highest BCUT2D eigenvalue weighted by atomic mass is 35.5. The Hall–Kier alpha value is -2.99. The van der Waals surface area contributed by atoms with Crippen molar-refractivity contribution >= 4 is 23.2 Å². The average Bonchev–Trinajstić information content (AvgIpc) is 2.73. The molecule has 1 aliphatic rings. The van der Waals surface area contributed by atoms with Crippen LogP contribution in [0.1, 0.15) is 47.4 Å². The number of hydrogen-bond acceptors (Lipinski definition) is 4. The summed E-state index contributed by atoms with van der Waals surface area (Å²) in [6.45, 7) is 5.81. The lowest BCUT2D eigenvalue weighted by Crippen LogP contribution is -2.29. The predicted octanol–water partition coefficient (Wildman–Crippen LogP) is 5.51. The van der Waals surface area contributed by atoms with Crippen LogP contribution < -0.4 is 9.64 Å². The number of nitrogens with zero attached hydrogens (tertiary/aromatic N) is 3. The van der Waals surface area contributed by atoms with Gasteiger partial charge in [0, 0.05) is 25.4 Å². The first-order chi connectivity index (χ1) is 14.8. The molecule has 5 nitrogen and oxygen atoms in total. The molecule has 0 aliphatic carbocycles. The Labute approximate surface area is 185 Å². The molecule has 3 heterocycles. The third-order valence-corrected chi connectivity index (χ3v) is 5.81. The molecule has 1 atom stereocenters. The van der Waals surface area contributed by atoms with Gasteiger partial charge < -0.3 is 9.64 Å². The van der Waals surface area contributed by atoms with E-state index in [4.69, 9.17) is 16.3 Å². The zero-order valence-corrected chi connectivity index (χ0v) is 18.4. The van der Waals surface area contributed by atoms with Gasteiger partial charge in [-0.25, -0.2) is 9.37 Å². The summed E-state index contributed by atoms with van der Waals surface area (Å²) in [6, 6.07) is 8.65. The van der Waals surface area contributed by atoms with Crippen molar-refractivity contribution in [2.75, 3.05) is 4.90 Å². The molecule has 7 heteroatoms. The predicted molar refractivity (Wildman–Crippen MR) is 118 cm³/mol. The molecule has 0 bridgehead atoms. The number of rotatable bonds is 4. The van der Waals surface area contributed by atoms with Crippen LogP contribution in [0.2, 0.25) is 5.15 Å². The molecule has 0 saturated heterocycles. The van der Waals surface area contributed by atoms with E-state index in [0.29, 0.717) is 29.6 Å². The third-order valence-electron chi connectivity index (χ3n) is 5.60. The van der Waals surface area contributed by atoms with E-state index >= 15 is 0 Å². The number of aromatic nitrogens is 2.